The molecule has 1 fully saturated rings. The summed E-state index contributed by atoms with van der Waals surface area (Å²) in [6.45, 7) is 1.60. The van der Waals surface area contributed by atoms with Crippen LogP contribution in [0.4, 0.5) is 0 Å². The molecule has 16 heteroatoms. The van der Waals surface area contributed by atoms with E-state index in [0.717, 1.165) is 0 Å². The van der Waals surface area contributed by atoms with Crippen molar-refractivity contribution in [3.05, 3.63) is 0 Å². The molecule has 0 amide bonds. The number of ether oxygens (including phenoxy) is 1. The maximum Gasteiger partial charge on any atom is 0.217 e. The molecule has 144 valence electrons. The molecular formula is C8H14NO12S3-3. The first-order valence-corrected chi connectivity index (χ1v) is 10.3. The molecule has 13 nitrogen and oxygen atoms in total. The zero-order valence-corrected chi connectivity index (χ0v) is 14.7. The first-order valence-electron chi connectivity index (χ1n) is 6.22. The predicted molar refractivity (Wildman–Crippen MR) is 70.3 cm³/mol. The van der Waals surface area contributed by atoms with Crippen LogP contribution in [-0.2, 0) is 44.2 Å². The van der Waals surface area contributed by atoms with Gasteiger partial charge in [0.1, 0.15) is 0 Å². The highest BCUT2D eigenvalue weighted by atomic mass is 32.3. The van der Waals surface area contributed by atoms with Gasteiger partial charge in [0.2, 0.25) is 20.8 Å². The molecule has 0 aliphatic carbocycles. The molecule has 1 aliphatic heterocycles. The van der Waals surface area contributed by atoms with Crippen molar-refractivity contribution >= 4 is 31.1 Å². The van der Waals surface area contributed by atoms with Crippen LogP contribution in [-0.4, -0.2) is 69.9 Å². The molecule has 0 spiro atoms. The van der Waals surface area contributed by atoms with Gasteiger partial charge in [-0.2, -0.15) is 0 Å². The lowest BCUT2D eigenvalue weighted by Crippen LogP contribution is -2.61. The van der Waals surface area contributed by atoms with Gasteiger partial charge in [-0.15, -0.1) is 0 Å². The summed E-state index contributed by atoms with van der Waals surface area (Å²) >= 11 is 0. The topological polar surface area (TPSA) is 211 Å². The predicted octanol–water partition coefficient (Wildman–Crippen LogP) is -2.85. The average Bonchev–Trinajstić information content (AvgIpc) is 2.32. The van der Waals surface area contributed by atoms with E-state index in [2.05, 4.69) is 8.37 Å². The number of hydrogen-bond donors (Lipinski definition) is 1. The molecule has 1 rings (SSSR count). The Balaban J connectivity index is 3.08. The van der Waals surface area contributed by atoms with Crippen LogP contribution >= 0.6 is 0 Å². The van der Waals surface area contributed by atoms with Gasteiger partial charge in [-0.25, -0.2) is 30.0 Å². The highest BCUT2D eigenvalue weighted by Gasteiger charge is 2.44. The van der Waals surface area contributed by atoms with Crippen LogP contribution in [0.1, 0.15) is 13.8 Å². The van der Waals surface area contributed by atoms with Crippen molar-refractivity contribution in [2.75, 3.05) is 6.61 Å². The maximum absolute atomic E-state index is 10.9. The van der Waals surface area contributed by atoms with Gasteiger partial charge in [0.15, 0.2) is 10.3 Å². The summed E-state index contributed by atoms with van der Waals surface area (Å²) in [5.41, 5.74) is 0. The molecule has 0 aromatic rings. The van der Waals surface area contributed by atoms with Crippen LogP contribution in [0.5, 0.6) is 0 Å². The van der Waals surface area contributed by atoms with Crippen molar-refractivity contribution in [3.63, 3.8) is 0 Å². The third-order valence-corrected chi connectivity index (χ3v) is 4.68. The lowest BCUT2D eigenvalue weighted by Gasteiger charge is -2.44. The summed E-state index contributed by atoms with van der Waals surface area (Å²) in [6, 6.07) is -1.55. The standard InChI is InChI=1S/C8H17NO12S3/c1-4-6(3-19-23(13,14)15)20-5(2)7(9-22(10,11)12)8(4)21-24(16,17)18/h4-9H,3H2,1-2H3,(H,10,11,12)(H,13,14,15)(H,16,17,18)/p-3/t4-,5-,6?,7?,8-/m1/s1. The molecule has 5 atom stereocenters. The van der Waals surface area contributed by atoms with E-state index >= 15 is 0 Å². The Labute approximate surface area is 139 Å². The minimum atomic E-state index is -5.30. The molecule has 0 saturated carbocycles. The molecule has 2 unspecified atom stereocenters. The summed E-state index contributed by atoms with van der Waals surface area (Å²) in [7, 11) is -15.4. The molecule has 1 N–H and O–H groups in total. The molecule has 1 aliphatic rings. The van der Waals surface area contributed by atoms with Gasteiger partial charge in [0.05, 0.1) is 31.0 Å². The van der Waals surface area contributed by atoms with Gasteiger partial charge in [-0.1, -0.05) is 6.92 Å². The third-order valence-electron chi connectivity index (χ3n) is 3.24. The van der Waals surface area contributed by atoms with E-state index in [-0.39, 0.29) is 0 Å². The summed E-state index contributed by atoms with van der Waals surface area (Å²) in [6.07, 6.45) is -4.13. The van der Waals surface area contributed by atoms with Crippen molar-refractivity contribution in [3.8, 4) is 0 Å². The quantitative estimate of drug-likeness (QED) is 0.330. The molecular weight excluding hydrogens is 398 g/mol. The minimum Gasteiger partial charge on any atom is -0.735 e. The van der Waals surface area contributed by atoms with Crippen molar-refractivity contribution in [2.24, 2.45) is 5.92 Å². The van der Waals surface area contributed by atoms with E-state index in [9.17, 15) is 38.9 Å². The van der Waals surface area contributed by atoms with E-state index in [0.29, 0.717) is 0 Å². The Morgan fingerprint density at radius 2 is 1.54 bits per heavy atom. The largest absolute Gasteiger partial charge is 0.735 e. The fraction of sp³-hybridized carbons (Fsp3) is 1.00. The molecule has 0 aromatic carbocycles. The second-order valence-corrected chi connectivity index (χ2v) is 8.20. The van der Waals surface area contributed by atoms with E-state index < -0.39 is 68.0 Å². The van der Waals surface area contributed by atoms with E-state index in [1.807, 2.05) is 0 Å². The molecule has 24 heavy (non-hydrogen) atoms. The van der Waals surface area contributed by atoms with Crippen LogP contribution in [0.25, 0.3) is 0 Å². The zero-order valence-electron chi connectivity index (χ0n) is 12.2. The van der Waals surface area contributed by atoms with Crippen LogP contribution in [0, 0.1) is 5.92 Å². The van der Waals surface area contributed by atoms with Crippen molar-refractivity contribution in [2.45, 2.75) is 38.2 Å². The summed E-state index contributed by atoms with van der Waals surface area (Å²) in [5, 5.41) is 0. The fourth-order valence-electron chi connectivity index (χ4n) is 2.24. The highest BCUT2D eigenvalue weighted by molar-refractivity contribution is 7.83. The monoisotopic (exact) mass is 412 g/mol. The van der Waals surface area contributed by atoms with Gasteiger partial charge in [0.25, 0.3) is 0 Å². The number of nitrogens with one attached hydrogen (secondary N) is 1. The van der Waals surface area contributed by atoms with Crippen LogP contribution in [0.15, 0.2) is 0 Å². The Morgan fingerprint density at radius 3 is 1.96 bits per heavy atom. The van der Waals surface area contributed by atoms with Gasteiger partial charge in [-0.3, -0.25) is 8.37 Å². The average molecular weight is 412 g/mol. The maximum atomic E-state index is 10.9. The molecule has 0 radical (unpaired) electrons. The first-order chi connectivity index (χ1) is 10.6. The molecule has 0 aromatic heterocycles. The summed E-state index contributed by atoms with van der Waals surface area (Å²) in [5.74, 6) is -1.13. The first kappa shape index (κ1) is 21.6. The third kappa shape index (κ3) is 7.21. The van der Waals surface area contributed by atoms with Crippen LogP contribution in [0.3, 0.4) is 0 Å². The van der Waals surface area contributed by atoms with Crippen LogP contribution < -0.4 is 4.72 Å². The lowest BCUT2D eigenvalue weighted by atomic mass is 9.87. The molecule has 0 bridgehead atoms. The van der Waals surface area contributed by atoms with E-state index in [1.165, 1.54) is 13.8 Å². The Bertz CT molecular complexity index is 743. The van der Waals surface area contributed by atoms with Gasteiger partial charge in [0, 0.05) is 5.92 Å². The van der Waals surface area contributed by atoms with Gasteiger partial charge in [-0.05, 0) is 6.92 Å². The number of rotatable bonds is 7. The van der Waals surface area contributed by atoms with E-state index in [1.54, 1.807) is 4.72 Å². The van der Waals surface area contributed by atoms with Crippen molar-refractivity contribution < 1.29 is 52.0 Å². The Kier molecular flexibility index (Phi) is 6.70. The summed E-state index contributed by atoms with van der Waals surface area (Å²) in [4.78, 5) is 0. The molecule has 1 heterocycles. The van der Waals surface area contributed by atoms with Crippen molar-refractivity contribution in [1.29, 1.82) is 0 Å². The normalized spacial score (nSPS) is 32.6. The Morgan fingerprint density at radius 1 is 1.00 bits per heavy atom. The smallest absolute Gasteiger partial charge is 0.217 e. The van der Waals surface area contributed by atoms with Gasteiger partial charge < -0.3 is 18.4 Å². The SMILES string of the molecule is C[C@@H]1C(COS(=O)(=O)[O-])O[C@H](C)C(NS(=O)(=O)[O-])[C@@H]1OS(=O)(=O)[O-]. The fourth-order valence-corrected chi connectivity index (χ4v) is 3.77. The van der Waals surface area contributed by atoms with E-state index in [4.69, 9.17) is 4.74 Å². The zero-order chi connectivity index (χ0) is 18.9. The summed E-state index contributed by atoms with van der Waals surface area (Å²) < 4.78 is 112. The molecule has 1 saturated heterocycles. The second kappa shape index (κ2) is 7.44. The lowest BCUT2D eigenvalue weighted by molar-refractivity contribution is -0.143. The Hall–Kier alpha value is -0.430. The number of hydrogen-bond acceptors (Lipinski definition) is 12. The van der Waals surface area contributed by atoms with Crippen molar-refractivity contribution in [1.82, 2.24) is 4.72 Å². The minimum absolute atomic E-state index is 0.826. The second-order valence-electron chi connectivity index (χ2n) is 5.00. The van der Waals surface area contributed by atoms with Gasteiger partial charge >= 0.3 is 0 Å². The van der Waals surface area contributed by atoms with Crippen LogP contribution in [0.2, 0.25) is 0 Å². The highest BCUT2D eigenvalue weighted by Crippen LogP contribution is 2.30.